The lowest BCUT2D eigenvalue weighted by atomic mass is 10.2. The van der Waals surface area contributed by atoms with Crippen LogP contribution in [0.15, 0.2) is 42.7 Å². The second kappa shape index (κ2) is 3.58. The van der Waals surface area contributed by atoms with Crippen LogP contribution in [0, 0.1) is 18.8 Å². The van der Waals surface area contributed by atoms with Gasteiger partial charge in [-0.3, -0.25) is 0 Å². The molecule has 1 nitrogen and oxygen atoms in total. The molecule has 0 aliphatic rings. The van der Waals surface area contributed by atoms with Crippen molar-refractivity contribution in [2.75, 3.05) is 0 Å². The zero-order chi connectivity index (χ0) is 9.97. The van der Waals surface area contributed by atoms with Crippen LogP contribution in [-0.2, 0) is 0 Å². The summed E-state index contributed by atoms with van der Waals surface area (Å²) in [4.78, 5) is 0. The van der Waals surface area contributed by atoms with E-state index >= 15 is 0 Å². The van der Waals surface area contributed by atoms with Crippen LogP contribution in [0.1, 0.15) is 5.56 Å². The van der Waals surface area contributed by atoms with Crippen LogP contribution < -0.4 is 4.57 Å². The summed E-state index contributed by atoms with van der Waals surface area (Å²) >= 11 is 0. The van der Waals surface area contributed by atoms with Gasteiger partial charge < -0.3 is 0 Å². The third kappa shape index (κ3) is 1.64. The molecule has 0 saturated carbocycles. The maximum Gasteiger partial charge on any atom is 0.213 e. The second-order valence-electron chi connectivity index (χ2n) is 3.14. The molecule has 0 amide bonds. The van der Waals surface area contributed by atoms with Crippen molar-refractivity contribution in [3.8, 4) is 5.69 Å². The SMILES string of the molecule is Cc1c[c]ccc1-[n+]1cccc(F)c1. The summed E-state index contributed by atoms with van der Waals surface area (Å²) in [5.74, 6) is -0.236. The third-order valence-corrected chi connectivity index (χ3v) is 2.08. The largest absolute Gasteiger partial charge is 0.213 e. The molecule has 0 aliphatic heterocycles. The minimum atomic E-state index is -0.236. The van der Waals surface area contributed by atoms with E-state index in [0.29, 0.717) is 0 Å². The zero-order valence-electron chi connectivity index (χ0n) is 7.87. The van der Waals surface area contributed by atoms with Crippen LogP contribution in [-0.4, -0.2) is 0 Å². The van der Waals surface area contributed by atoms with Gasteiger partial charge in [0, 0.05) is 17.7 Å². The summed E-state index contributed by atoms with van der Waals surface area (Å²) in [6.07, 6.45) is 3.29. The second-order valence-corrected chi connectivity index (χ2v) is 3.14. The van der Waals surface area contributed by atoms with Gasteiger partial charge in [0.15, 0.2) is 12.0 Å². The summed E-state index contributed by atoms with van der Waals surface area (Å²) in [5, 5.41) is 0. The lowest BCUT2D eigenvalue weighted by molar-refractivity contribution is -0.597. The highest BCUT2D eigenvalue weighted by atomic mass is 19.1. The van der Waals surface area contributed by atoms with Crippen molar-refractivity contribution in [1.82, 2.24) is 0 Å². The van der Waals surface area contributed by atoms with Crippen molar-refractivity contribution in [1.29, 1.82) is 0 Å². The van der Waals surface area contributed by atoms with Gasteiger partial charge in [-0.15, -0.1) is 0 Å². The number of rotatable bonds is 1. The fourth-order valence-corrected chi connectivity index (χ4v) is 1.39. The lowest BCUT2D eigenvalue weighted by Gasteiger charge is -1.98. The maximum atomic E-state index is 13.0. The van der Waals surface area contributed by atoms with Crippen LogP contribution in [0.25, 0.3) is 5.69 Å². The van der Waals surface area contributed by atoms with E-state index in [-0.39, 0.29) is 5.82 Å². The summed E-state index contributed by atoms with van der Waals surface area (Å²) in [5.41, 5.74) is 2.05. The minimum absolute atomic E-state index is 0.236. The number of pyridine rings is 1. The Labute approximate surface area is 82.4 Å². The highest BCUT2D eigenvalue weighted by Gasteiger charge is 2.08. The number of aryl methyl sites for hydroxylation is 1. The fraction of sp³-hybridized carbons (Fsp3) is 0.0833. The van der Waals surface area contributed by atoms with Crippen LogP contribution in [0.5, 0.6) is 0 Å². The Bertz CT molecular complexity index is 452. The molecule has 0 bridgehead atoms. The van der Waals surface area contributed by atoms with E-state index in [1.165, 1.54) is 12.3 Å². The summed E-state index contributed by atoms with van der Waals surface area (Å²) in [6, 6.07) is 11.7. The van der Waals surface area contributed by atoms with Crippen LogP contribution in [0.3, 0.4) is 0 Å². The number of nitrogens with zero attached hydrogens (tertiary/aromatic N) is 1. The molecule has 2 rings (SSSR count). The number of halogens is 1. The molecule has 14 heavy (non-hydrogen) atoms. The highest BCUT2D eigenvalue weighted by molar-refractivity contribution is 5.31. The standard InChI is InChI=1S/C12H10FN/c1-10-5-2-3-7-12(10)14-8-4-6-11(13)9-14/h3-9H,1H3/q+1. The monoisotopic (exact) mass is 187 g/mol. The molecule has 0 aliphatic carbocycles. The quantitative estimate of drug-likeness (QED) is 0.603. The molecule has 1 radical (unpaired) electrons. The smallest absolute Gasteiger partial charge is 0.200 e. The first-order chi connectivity index (χ1) is 6.77. The van der Waals surface area contributed by atoms with E-state index in [0.717, 1.165) is 11.3 Å². The van der Waals surface area contributed by atoms with Gasteiger partial charge in [-0.2, -0.15) is 4.57 Å². The van der Waals surface area contributed by atoms with E-state index in [4.69, 9.17) is 0 Å². The van der Waals surface area contributed by atoms with Crippen LogP contribution >= 0.6 is 0 Å². The normalized spacial score (nSPS) is 10.1. The van der Waals surface area contributed by atoms with Crippen molar-refractivity contribution in [3.63, 3.8) is 0 Å². The molecule has 0 spiro atoms. The van der Waals surface area contributed by atoms with Gasteiger partial charge in [-0.05, 0) is 31.2 Å². The van der Waals surface area contributed by atoms with E-state index < -0.39 is 0 Å². The maximum absolute atomic E-state index is 13.0. The van der Waals surface area contributed by atoms with E-state index in [9.17, 15) is 4.39 Å². The Morgan fingerprint density at radius 2 is 2.21 bits per heavy atom. The number of aromatic nitrogens is 1. The molecule has 2 aromatic rings. The number of hydrogen-bond donors (Lipinski definition) is 0. The minimum Gasteiger partial charge on any atom is -0.200 e. The first-order valence-electron chi connectivity index (χ1n) is 4.41. The van der Waals surface area contributed by atoms with Crippen LogP contribution in [0.4, 0.5) is 4.39 Å². The first kappa shape index (κ1) is 8.88. The first-order valence-corrected chi connectivity index (χ1v) is 4.41. The predicted molar refractivity (Wildman–Crippen MR) is 51.5 cm³/mol. The van der Waals surface area contributed by atoms with Gasteiger partial charge >= 0.3 is 0 Å². The predicted octanol–water partition coefficient (Wildman–Crippen LogP) is 2.21. The molecular weight excluding hydrogens is 177 g/mol. The van der Waals surface area contributed by atoms with Crippen molar-refractivity contribution in [2.24, 2.45) is 0 Å². The van der Waals surface area contributed by atoms with E-state index in [2.05, 4.69) is 6.07 Å². The van der Waals surface area contributed by atoms with E-state index in [1.54, 1.807) is 10.6 Å². The van der Waals surface area contributed by atoms with Crippen molar-refractivity contribution < 1.29 is 8.96 Å². The Balaban J connectivity index is 2.55. The topological polar surface area (TPSA) is 3.88 Å². The number of benzene rings is 1. The summed E-state index contributed by atoms with van der Waals surface area (Å²) in [6.45, 7) is 1.98. The lowest BCUT2D eigenvalue weighted by Crippen LogP contribution is -2.30. The summed E-state index contributed by atoms with van der Waals surface area (Å²) < 4.78 is 14.7. The van der Waals surface area contributed by atoms with Crippen molar-refractivity contribution in [3.05, 3.63) is 60.2 Å². The number of hydrogen-bond acceptors (Lipinski definition) is 0. The van der Waals surface area contributed by atoms with Gasteiger partial charge in [0.05, 0.1) is 0 Å². The van der Waals surface area contributed by atoms with Gasteiger partial charge in [-0.1, -0.05) is 0 Å². The molecule has 0 saturated heterocycles. The van der Waals surface area contributed by atoms with Crippen molar-refractivity contribution >= 4 is 0 Å². The van der Waals surface area contributed by atoms with Gasteiger partial charge in [0.1, 0.15) is 0 Å². The Morgan fingerprint density at radius 1 is 1.36 bits per heavy atom. The Hall–Kier alpha value is -1.70. The molecule has 1 aromatic carbocycles. The Morgan fingerprint density at radius 3 is 2.93 bits per heavy atom. The van der Waals surface area contributed by atoms with Crippen LogP contribution in [0.2, 0.25) is 0 Å². The molecule has 2 heteroatoms. The average molecular weight is 187 g/mol. The summed E-state index contributed by atoms with van der Waals surface area (Å²) in [7, 11) is 0. The molecule has 0 fully saturated rings. The molecule has 1 aromatic heterocycles. The van der Waals surface area contributed by atoms with E-state index in [1.807, 2.05) is 31.3 Å². The zero-order valence-corrected chi connectivity index (χ0v) is 7.87. The molecule has 0 atom stereocenters. The third-order valence-electron chi connectivity index (χ3n) is 2.08. The van der Waals surface area contributed by atoms with Crippen molar-refractivity contribution in [2.45, 2.75) is 6.92 Å². The molecule has 0 unspecified atom stereocenters. The van der Waals surface area contributed by atoms with Gasteiger partial charge in [0.2, 0.25) is 11.9 Å². The molecule has 0 N–H and O–H groups in total. The van der Waals surface area contributed by atoms with Gasteiger partial charge in [0.25, 0.3) is 0 Å². The molecular formula is C12H10FN+. The highest BCUT2D eigenvalue weighted by Crippen LogP contribution is 2.05. The molecule has 69 valence electrons. The fourth-order valence-electron chi connectivity index (χ4n) is 1.39. The Kier molecular flexibility index (Phi) is 2.27. The average Bonchev–Trinajstić information content (AvgIpc) is 2.18. The van der Waals surface area contributed by atoms with Gasteiger partial charge in [-0.25, -0.2) is 4.39 Å². The molecule has 1 heterocycles.